The molecule has 0 aromatic carbocycles. The molecule has 1 atom stereocenters. The van der Waals surface area contributed by atoms with Crippen LogP contribution in [0, 0.1) is 0 Å². The van der Waals surface area contributed by atoms with Crippen molar-refractivity contribution in [3.8, 4) is 0 Å². The summed E-state index contributed by atoms with van der Waals surface area (Å²) in [5.41, 5.74) is 0. The topological polar surface area (TPSA) is 20.2 Å². The SMILES string of the molecule is OC(CCCCl)Cc1ccc(Cl)s1. The van der Waals surface area contributed by atoms with Crippen LogP contribution in [-0.4, -0.2) is 17.1 Å². The first-order valence-electron chi connectivity index (χ1n) is 4.20. The molecule has 0 aliphatic heterocycles. The first kappa shape index (κ1) is 11.3. The minimum atomic E-state index is -0.284. The smallest absolute Gasteiger partial charge is 0.0931 e. The van der Waals surface area contributed by atoms with Gasteiger partial charge in [-0.1, -0.05) is 11.6 Å². The van der Waals surface area contributed by atoms with E-state index in [4.69, 9.17) is 23.2 Å². The lowest BCUT2D eigenvalue weighted by atomic mass is 10.1. The van der Waals surface area contributed by atoms with Gasteiger partial charge in [-0.05, 0) is 25.0 Å². The molecule has 0 saturated heterocycles. The third kappa shape index (κ3) is 4.32. The zero-order valence-electron chi connectivity index (χ0n) is 7.17. The minimum Gasteiger partial charge on any atom is -0.393 e. The van der Waals surface area contributed by atoms with E-state index in [9.17, 15) is 5.11 Å². The molecule has 0 fully saturated rings. The van der Waals surface area contributed by atoms with Gasteiger partial charge in [0.15, 0.2) is 0 Å². The van der Waals surface area contributed by atoms with Crippen molar-refractivity contribution in [1.82, 2.24) is 0 Å². The van der Waals surface area contributed by atoms with Gasteiger partial charge < -0.3 is 5.11 Å². The van der Waals surface area contributed by atoms with Gasteiger partial charge in [-0.3, -0.25) is 0 Å². The Morgan fingerprint density at radius 1 is 1.46 bits per heavy atom. The van der Waals surface area contributed by atoms with Gasteiger partial charge >= 0.3 is 0 Å². The Bertz CT molecular complexity index is 250. The van der Waals surface area contributed by atoms with Crippen LogP contribution in [0.15, 0.2) is 12.1 Å². The summed E-state index contributed by atoms with van der Waals surface area (Å²) in [7, 11) is 0. The Hall–Kier alpha value is 0.240. The number of aliphatic hydroxyl groups excluding tert-OH is 1. The predicted octanol–water partition coefficient (Wildman–Crippen LogP) is 3.32. The molecule has 1 aromatic heterocycles. The number of alkyl halides is 1. The summed E-state index contributed by atoms with van der Waals surface area (Å²) in [5.74, 6) is 0.613. The van der Waals surface area contributed by atoms with Crippen molar-refractivity contribution in [1.29, 1.82) is 0 Å². The van der Waals surface area contributed by atoms with Crippen LogP contribution < -0.4 is 0 Å². The van der Waals surface area contributed by atoms with Crippen molar-refractivity contribution >= 4 is 34.5 Å². The summed E-state index contributed by atoms with van der Waals surface area (Å²) in [6.45, 7) is 0. The molecular weight excluding hydrogens is 227 g/mol. The highest BCUT2D eigenvalue weighted by Crippen LogP contribution is 2.23. The van der Waals surface area contributed by atoms with E-state index in [0.29, 0.717) is 12.3 Å². The maximum absolute atomic E-state index is 9.55. The van der Waals surface area contributed by atoms with Gasteiger partial charge in [-0.2, -0.15) is 0 Å². The Labute approximate surface area is 92.3 Å². The van der Waals surface area contributed by atoms with Crippen molar-refractivity contribution < 1.29 is 5.11 Å². The molecule has 0 spiro atoms. The monoisotopic (exact) mass is 238 g/mol. The van der Waals surface area contributed by atoms with Crippen molar-refractivity contribution in [2.45, 2.75) is 25.4 Å². The molecule has 1 aromatic rings. The summed E-state index contributed by atoms with van der Waals surface area (Å²) in [5, 5.41) is 9.55. The number of aliphatic hydroxyl groups is 1. The fraction of sp³-hybridized carbons (Fsp3) is 0.556. The van der Waals surface area contributed by atoms with E-state index >= 15 is 0 Å². The molecule has 1 heterocycles. The van der Waals surface area contributed by atoms with Crippen LogP contribution in [0.1, 0.15) is 17.7 Å². The molecule has 0 radical (unpaired) electrons. The maximum Gasteiger partial charge on any atom is 0.0931 e. The Morgan fingerprint density at radius 2 is 2.23 bits per heavy atom. The molecule has 1 nitrogen and oxygen atoms in total. The molecule has 1 rings (SSSR count). The number of thiophene rings is 1. The zero-order valence-corrected chi connectivity index (χ0v) is 9.50. The van der Waals surface area contributed by atoms with E-state index in [1.54, 1.807) is 0 Å². The van der Waals surface area contributed by atoms with E-state index in [1.807, 2.05) is 12.1 Å². The normalized spacial score (nSPS) is 13.2. The van der Waals surface area contributed by atoms with Gasteiger partial charge in [0.1, 0.15) is 0 Å². The zero-order chi connectivity index (χ0) is 9.68. The Kier molecular flexibility index (Phi) is 5.10. The fourth-order valence-corrected chi connectivity index (χ4v) is 2.42. The molecule has 4 heteroatoms. The molecule has 0 aliphatic carbocycles. The van der Waals surface area contributed by atoms with Crippen LogP contribution in [0.25, 0.3) is 0 Å². The quantitative estimate of drug-likeness (QED) is 0.781. The summed E-state index contributed by atoms with van der Waals surface area (Å²) in [4.78, 5) is 1.13. The van der Waals surface area contributed by atoms with Crippen molar-refractivity contribution in [3.05, 3.63) is 21.3 Å². The van der Waals surface area contributed by atoms with Crippen LogP contribution >= 0.6 is 34.5 Å². The van der Waals surface area contributed by atoms with Crippen LogP contribution in [0.5, 0.6) is 0 Å². The van der Waals surface area contributed by atoms with Gasteiger partial charge in [0, 0.05) is 17.2 Å². The Morgan fingerprint density at radius 3 is 2.77 bits per heavy atom. The van der Waals surface area contributed by atoms with Crippen molar-refractivity contribution in [2.24, 2.45) is 0 Å². The van der Waals surface area contributed by atoms with Gasteiger partial charge in [0.25, 0.3) is 0 Å². The lowest BCUT2D eigenvalue weighted by molar-refractivity contribution is 0.165. The minimum absolute atomic E-state index is 0.284. The standard InChI is InChI=1S/C9H12Cl2OS/c10-5-1-2-7(12)6-8-3-4-9(11)13-8/h3-4,7,12H,1-2,5-6H2. The summed E-state index contributed by atoms with van der Waals surface area (Å²) < 4.78 is 0.777. The van der Waals surface area contributed by atoms with Crippen molar-refractivity contribution in [2.75, 3.05) is 5.88 Å². The van der Waals surface area contributed by atoms with Gasteiger partial charge in [0.05, 0.1) is 10.4 Å². The average Bonchev–Trinajstić information content (AvgIpc) is 2.48. The molecule has 0 bridgehead atoms. The fourth-order valence-electron chi connectivity index (χ4n) is 1.11. The Balaban J connectivity index is 2.31. The molecule has 1 unspecified atom stereocenters. The first-order valence-corrected chi connectivity index (χ1v) is 5.93. The van der Waals surface area contributed by atoms with Gasteiger partial charge in [0.2, 0.25) is 0 Å². The van der Waals surface area contributed by atoms with Crippen molar-refractivity contribution in [3.63, 3.8) is 0 Å². The number of hydrogen-bond donors (Lipinski definition) is 1. The molecule has 0 amide bonds. The largest absolute Gasteiger partial charge is 0.393 e. The highest BCUT2D eigenvalue weighted by Gasteiger charge is 2.06. The second-order valence-electron chi connectivity index (χ2n) is 2.89. The van der Waals surface area contributed by atoms with Gasteiger partial charge in [-0.15, -0.1) is 22.9 Å². The molecule has 13 heavy (non-hydrogen) atoms. The highest BCUT2D eigenvalue weighted by atomic mass is 35.5. The van der Waals surface area contributed by atoms with Crippen LogP contribution in [0.3, 0.4) is 0 Å². The third-order valence-corrected chi connectivity index (χ3v) is 3.26. The lowest BCUT2D eigenvalue weighted by Gasteiger charge is -2.06. The van der Waals surface area contributed by atoms with Crippen LogP contribution in [0.2, 0.25) is 4.34 Å². The van der Waals surface area contributed by atoms with E-state index in [2.05, 4.69) is 0 Å². The van der Waals surface area contributed by atoms with E-state index in [-0.39, 0.29) is 6.10 Å². The molecule has 1 N–H and O–H groups in total. The van der Waals surface area contributed by atoms with E-state index < -0.39 is 0 Å². The summed E-state index contributed by atoms with van der Waals surface area (Å²) in [6.07, 6.45) is 2.03. The number of rotatable bonds is 5. The molecule has 0 aliphatic rings. The lowest BCUT2D eigenvalue weighted by Crippen LogP contribution is -2.09. The molecule has 74 valence electrons. The van der Waals surface area contributed by atoms with Crippen LogP contribution in [-0.2, 0) is 6.42 Å². The van der Waals surface area contributed by atoms with Crippen LogP contribution in [0.4, 0.5) is 0 Å². The third-order valence-electron chi connectivity index (χ3n) is 1.74. The highest BCUT2D eigenvalue weighted by molar-refractivity contribution is 7.16. The van der Waals surface area contributed by atoms with E-state index in [1.165, 1.54) is 11.3 Å². The predicted molar refractivity (Wildman–Crippen MR) is 59.0 cm³/mol. The van der Waals surface area contributed by atoms with E-state index in [0.717, 1.165) is 22.1 Å². The average molecular weight is 239 g/mol. The molecule has 0 saturated carbocycles. The second kappa shape index (κ2) is 5.86. The van der Waals surface area contributed by atoms with Gasteiger partial charge in [-0.25, -0.2) is 0 Å². The molecular formula is C9H12Cl2OS. The summed E-state index contributed by atoms with van der Waals surface area (Å²) >= 11 is 12.8. The second-order valence-corrected chi connectivity index (χ2v) is 5.07. The number of halogens is 2. The summed E-state index contributed by atoms with van der Waals surface area (Å²) in [6, 6.07) is 3.81. The maximum atomic E-state index is 9.55. The number of hydrogen-bond acceptors (Lipinski definition) is 2. The first-order chi connectivity index (χ1) is 6.22.